The van der Waals surface area contributed by atoms with Gasteiger partial charge in [-0.05, 0) is 37.5 Å². The lowest BCUT2D eigenvalue weighted by Crippen LogP contribution is -2.50. The predicted octanol–water partition coefficient (Wildman–Crippen LogP) is 2.71. The number of halogens is 2. The average molecular weight is 533 g/mol. The van der Waals surface area contributed by atoms with Crippen molar-refractivity contribution in [2.24, 2.45) is 10.9 Å². The zero-order valence-corrected chi connectivity index (χ0v) is 20.9. The molecule has 0 saturated carbocycles. The maximum absolute atomic E-state index is 13.4. The summed E-state index contributed by atoms with van der Waals surface area (Å²) in [5.41, 5.74) is 1.11. The molecule has 3 unspecified atom stereocenters. The Morgan fingerprint density at radius 3 is 2.40 bits per heavy atom. The maximum atomic E-state index is 13.4. The average Bonchev–Trinajstić information content (AvgIpc) is 3.10. The molecule has 1 aromatic rings. The predicted molar refractivity (Wildman–Crippen MR) is 131 cm³/mol. The van der Waals surface area contributed by atoms with Gasteiger partial charge in [0.15, 0.2) is 5.96 Å². The molecule has 8 heteroatoms. The summed E-state index contributed by atoms with van der Waals surface area (Å²) in [6.45, 7) is 12.9. The van der Waals surface area contributed by atoms with Gasteiger partial charge in [0.2, 0.25) is 0 Å². The second kappa shape index (κ2) is 12.2. The van der Waals surface area contributed by atoms with Crippen molar-refractivity contribution in [1.29, 1.82) is 0 Å². The van der Waals surface area contributed by atoms with Gasteiger partial charge in [-0.2, -0.15) is 0 Å². The highest BCUT2D eigenvalue weighted by Crippen LogP contribution is 2.22. The number of hydrogen-bond acceptors (Lipinski definition) is 4. The highest BCUT2D eigenvalue weighted by atomic mass is 127. The highest BCUT2D eigenvalue weighted by Gasteiger charge is 2.31. The molecule has 3 rings (SSSR count). The first-order chi connectivity index (χ1) is 14.0. The Bertz CT molecular complexity index is 666. The Labute approximate surface area is 197 Å². The number of morpholine rings is 1. The van der Waals surface area contributed by atoms with Crippen molar-refractivity contribution in [2.75, 3.05) is 53.0 Å². The molecule has 0 bridgehead atoms. The Hall–Kier alpha value is -0.970. The number of rotatable bonds is 6. The van der Waals surface area contributed by atoms with Gasteiger partial charge in [0, 0.05) is 51.9 Å². The molecule has 30 heavy (non-hydrogen) atoms. The van der Waals surface area contributed by atoms with E-state index in [4.69, 9.17) is 4.74 Å². The van der Waals surface area contributed by atoms with Crippen LogP contribution in [0, 0.1) is 11.7 Å². The molecule has 0 aromatic heterocycles. The summed E-state index contributed by atoms with van der Waals surface area (Å²) in [4.78, 5) is 9.36. The lowest BCUT2D eigenvalue weighted by molar-refractivity contribution is 0.0169. The number of aliphatic imine (C=N–C) groups is 1. The molecule has 0 radical (unpaired) electrons. The number of likely N-dealkylation sites (tertiary alicyclic amines) is 1. The highest BCUT2D eigenvalue weighted by molar-refractivity contribution is 14.0. The van der Waals surface area contributed by atoms with Crippen LogP contribution < -0.4 is 10.6 Å². The van der Waals surface area contributed by atoms with Crippen molar-refractivity contribution in [3.63, 3.8) is 0 Å². The number of nitrogens with one attached hydrogen (secondary N) is 2. The molecule has 0 amide bonds. The molecule has 2 fully saturated rings. The molecule has 2 aliphatic heterocycles. The zero-order chi connectivity index (χ0) is 20.8. The van der Waals surface area contributed by atoms with E-state index in [1.807, 2.05) is 19.2 Å². The van der Waals surface area contributed by atoms with E-state index < -0.39 is 0 Å². The number of benzene rings is 1. The third-order valence-electron chi connectivity index (χ3n) is 6.12. The second-order valence-corrected chi connectivity index (χ2v) is 8.44. The summed E-state index contributed by atoms with van der Waals surface area (Å²) in [5.74, 6) is 1.20. The quantitative estimate of drug-likeness (QED) is 0.335. The molecule has 1 aromatic carbocycles. The van der Waals surface area contributed by atoms with E-state index in [-0.39, 0.29) is 35.8 Å². The van der Waals surface area contributed by atoms with Gasteiger partial charge in [0.1, 0.15) is 5.82 Å². The fourth-order valence-electron chi connectivity index (χ4n) is 4.21. The molecule has 0 aliphatic carbocycles. The monoisotopic (exact) mass is 533 g/mol. The normalized spacial score (nSPS) is 24.5. The summed E-state index contributed by atoms with van der Waals surface area (Å²) < 4.78 is 18.9. The lowest BCUT2D eigenvalue weighted by Gasteiger charge is -2.35. The van der Waals surface area contributed by atoms with E-state index in [1.165, 1.54) is 12.1 Å². The molecule has 3 atom stereocenters. The van der Waals surface area contributed by atoms with E-state index >= 15 is 0 Å². The van der Waals surface area contributed by atoms with Crippen molar-refractivity contribution < 1.29 is 9.13 Å². The van der Waals surface area contributed by atoms with Gasteiger partial charge in [0.25, 0.3) is 0 Å². The summed E-state index contributed by atoms with van der Waals surface area (Å²) in [6.07, 6.45) is 0. The van der Waals surface area contributed by atoms with Crippen LogP contribution in [0.3, 0.4) is 0 Å². The molecule has 2 saturated heterocycles. The first kappa shape index (κ1) is 25.3. The van der Waals surface area contributed by atoms with Crippen LogP contribution in [0.1, 0.15) is 32.4 Å². The molecule has 2 N–H and O–H groups in total. The van der Waals surface area contributed by atoms with Gasteiger partial charge in [-0.25, -0.2) is 4.39 Å². The molecule has 0 spiro atoms. The van der Waals surface area contributed by atoms with Crippen molar-refractivity contribution in [3.05, 3.63) is 35.6 Å². The van der Waals surface area contributed by atoms with Gasteiger partial charge in [-0.15, -0.1) is 24.0 Å². The Kier molecular flexibility index (Phi) is 10.3. The number of ether oxygens (including phenoxy) is 1. The molecular weight excluding hydrogens is 496 g/mol. The largest absolute Gasteiger partial charge is 0.379 e. The minimum Gasteiger partial charge on any atom is -0.379 e. The first-order valence-corrected chi connectivity index (χ1v) is 10.8. The Morgan fingerprint density at radius 1 is 1.17 bits per heavy atom. The summed E-state index contributed by atoms with van der Waals surface area (Å²) in [5, 5.41) is 7.13. The first-order valence-electron chi connectivity index (χ1n) is 10.8. The topological polar surface area (TPSA) is 52.1 Å². The minimum atomic E-state index is -0.204. The van der Waals surface area contributed by atoms with Crippen LogP contribution in [0.25, 0.3) is 0 Å². The standard InChI is InChI=1S/C22H36FN5O.HI/c1-16(2)28-14-17(3)20(15-28)26-22(24-4)25-13-21(27-9-11-29-12-10-27)18-5-7-19(23)8-6-18;/h5-8,16-17,20-21H,9-15H2,1-4H3,(H2,24,25,26);1H. The summed E-state index contributed by atoms with van der Waals surface area (Å²) in [7, 11) is 1.82. The SMILES string of the molecule is CN=C(NCC(c1ccc(F)cc1)N1CCOCC1)NC1CN(C(C)C)CC1C.I. The van der Waals surface area contributed by atoms with Crippen LogP contribution in [-0.2, 0) is 4.74 Å². The van der Waals surface area contributed by atoms with Gasteiger partial charge >= 0.3 is 0 Å². The third-order valence-corrected chi connectivity index (χ3v) is 6.12. The van der Waals surface area contributed by atoms with E-state index in [9.17, 15) is 4.39 Å². The number of hydrogen-bond donors (Lipinski definition) is 2. The van der Waals surface area contributed by atoms with Crippen molar-refractivity contribution in [1.82, 2.24) is 20.4 Å². The second-order valence-electron chi connectivity index (χ2n) is 8.44. The van der Waals surface area contributed by atoms with E-state index in [0.29, 0.717) is 24.5 Å². The van der Waals surface area contributed by atoms with Crippen molar-refractivity contribution >= 4 is 29.9 Å². The summed E-state index contributed by atoms with van der Waals surface area (Å²) >= 11 is 0. The molecule has 6 nitrogen and oxygen atoms in total. The minimum absolute atomic E-state index is 0. The Morgan fingerprint density at radius 2 is 1.83 bits per heavy atom. The van der Waals surface area contributed by atoms with Gasteiger partial charge in [-0.1, -0.05) is 19.1 Å². The molecule has 2 aliphatic rings. The van der Waals surface area contributed by atoms with Gasteiger partial charge in [-0.3, -0.25) is 14.8 Å². The van der Waals surface area contributed by atoms with E-state index in [1.54, 1.807) is 0 Å². The fourth-order valence-corrected chi connectivity index (χ4v) is 4.21. The molecule has 2 heterocycles. The van der Waals surface area contributed by atoms with Gasteiger partial charge < -0.3 is 15.4 Å². The van der Waals surface area contributed by atoms with Crippen LogP contribution >= 0.6 is 24.0 Å². The van der Waals surface area contributed by atoms with Crippen LogP contribution in [0.15, 0.2) is 29.3 Å². The maximum Gasteiger partial charge on any atom is 0.191 e. The third kappa shape index (κ3) is 6.77. The van der Waals surface area contributed by atoms with Crippen molar-refractivity contribution in [2.45, 2.75) is 38.9 Å². The summed E-state index contributed by atoms with van der Waals surface area (Å²) in [6, 6.07) is 7.93. The van der Waals surface area contributed by atoms with Crippen LogP contribution in [0.5, 0.6) is 0 Å². The van der Waals surface area contributed by atoms with Gasteiger partial charge in [0.05, 0.1) is 19.3 Å². The Balaban J connectivity index is 0.00000320. The van der Waals surface area contributed by atoms with E-state index in [0.717, 1.165) is 50.9 Å². The van der Waals surface area contributed by atoms with Crippen LogP contribution in [-0.4, -0.2) is 80.8 Å². The van der Waals surface area contributed by atoms with Crippen LogP contribution in [0.2, 0.25) is 0 Å². The number of nitrogens with zero attached hydrogens (tertiary/aromatic N) is 3. The fraction of sp³-hybridized carbons (Fsp3) is 0.682. The van der Waals surface area contributed by atoms with Crippen LogP contribution in [0.4, 0.5) is 4.39 Å². The molecular formula is C22H37FIN5O. The zero-order valence-electron chi connectivity index (χ0n) is 18.6. The van der Waals surface area contributed by atoms with E-state index in [2.05, 4.69) is 46.2 Å². The smallest absolute Gasteiger partial charge is 0.191 e. The number of guanidine groups is 1. The lowest BCUT2D eigenvalue weighted by atomic mass is 10.0. The van der Waals surface area contributed by atoms with Crippen molar-refractivity contribution in [3.8, 4) is 0 Å². The molecule has 170 valence electrons.